The predicted octanol–water partition coefficient (Wildman–Crippen LogP) is 3.03. The lowest BCUT2D eigenvalue weighted by Gasteiger charge is -2.21. The van der Waals surface area contributed by atoms with Gasteiger partial charge in [-0.05, 0) is 37.1 Å². The zero-order chi connectivity index (χ0) is 15.9. The average molecular weight is 331 g/mol. The first-order valence-electron chi connectivity index (χ1n) is 8.03. The van der Waals surface area contributed by atoms with Crippen molar-refractivity contribution in [2.45, 2.75) is 44.8 Å². The SMILES string of the molecule is O=C(CCc1cccs1)NCc1cnc(C2CCCCO2)nc1. The number of rotatable bonds is 6. The van der Waals surface area contributed by atoms with E-state index in [1.807, 2.05) is 11.4 Å². The van der Waals surface area contributed by atoms with Crippen LogP contribution in [0.25, 0.3) is 0 Å². The summed E-state index contributed by atoms with van der Waals surface area (Å²) in [5, 5.41) is 4.94. The second-order valence-corrected chi connectivity index (χ2v) is 6.69. The van der Waals surface area contributed by atoms with Gasteiger partial charge in [-0.1, -0.05) is 6.07 Å². The molecule has 1 amide bonds. The molecule has 1 atom stereocenters. The van der Waals surface area contributed by atoms with Crippen LogP contribution in [0.2, 0.25) is 0 Å². The molecule has 1 saturated heterocycles. The van der Waals surface area contributed by atoms with Gasteiger partial charge in [0.1, 0.15) is 6.10 Å². The molecule has 122 valence electrons. The molecule has 1 aliphatic heterocycles. The van der Waals surface area contributed by atoms with E-state index in [9.17, 15) is 4.79 Å². The van der Waals surface area contributed by atoms with Crippen LogP contribution in [0.1, 0.15) is 48.1 Å². The number of hydrogen-bond donors (Lipinski definition) is 1. The van der Waals surface area contributed by atoms with Crippen LogP contribution in [-0.4, -0.2) is 22.5 Å². The summed E-state index contributed by atoms with van der Waals surface area (Å²) in [6, 6.07) is 4.06. The smallest absolute Gasteiger partial charge is 0.220 e. The third-order valence-electron chi connectivity index (χ3n) is 3.86. The highest BCUT2D eigenvalue weighted by molar-refractivity contribution is 7.09. The van der Waals surface area contributed by atoms with E-state index < -0.39 is 0 Å². The van der Waals surface area contributed by atoms with Gasteiger partial charge in [0.05, 0.1) is 0 Å². The van der Waals surface area contributed by atoms with Crippen LogP contribution in [0.3, 0.4) is 0 Å². The van der Waals surface area contributed by atoms with Crippen LogP contribution in [0, 0.1) is 0 Å². The van der Waals surface area contributed by atoms with Crippen LogP contribution in [0.15, 0.2) is 29.9 Å². The van der Waals surface area contributed by atoms with Gasteiger partial charge in [-0.2, -0.15) is 0 Å². The summed E-state index contributed by atoms with van der Waals surface area (Å²) in [4.78, 5) is 21.9. The van der Waals surface area contributed by atoms with Gasteiger partial charge >= 0.3 is 0 Å². The number of nitrogens with zero attached hydrogens (tertiary/aromatic N) is 2. The zero-order valence-electron chi connectivity index (χ0n) is 13.0. The highest BCUT2D eigenvalue weighted by Gasteiger charge is 2.18. The highest BCUT2D eigenvalue weighted by Crippen LogP contribution is 2.24. The fraction of sp³-hybridized carbons (Fsp3) is 0.471. The van der Waals surface area contributed by atoms with Crippen molar-refractivity contribution >= 4 is 17.2 Å². The van der Waals surface area contributed by atoms with E-state index in [2.05, 4.69) is 21.4 Å². The molecule has 3 rings (SSSR count). The van der Waals surface area contributed by atoms with Crippen molar-refractivity contribution in [3.05, 3.63) is 46.2 Å². The molecule has 23 heavy (non-hydrogen) atoms. The number of hydrogen-bond acceptors (Lipinski definition) is 5. The number of thiophene rings is 1. The van der Waals surface area contributed by atoms with Crippen LogP contribution < -0.4 is 5.32 Å². The van der Waals surface area contributed by atoms with Crippen molar-refractivity contribution in [2.75, 3.05) is 6.61 Å². The van der Waals surface area contributed by atoms with Crippen molar-refractivity contribution in [1.82, 2.24) is 15.3 Å². The molecule has 2 aromatic heterocycles. The van der Waals surface area contributed by atoms with Crippen molar-refractivity contribution in [1.29, 1.82) is 0 Å². The molecule has 1 unspecified atom stereocenters. The van der Waals surface area contributed by atoms with Gasteiger partial charge in [-0.15, -0.1) is 11.3 Å². The first-order valence-corrected chi connectivity index (χ1v) is 8.91. The van der Waals surface area contributed by atoms with Gasteiger partial charge in [0.15, 0.2) is 5.82 Å². The first kappa shape index (κ1) is 16.1. The third-order valence-corrected chi connectivity index (χ3v) is 4.80. The van der Waals surface area contributed by atoms with Crippen molar-refractivity contribution in [2.24, 2.45) is 0 Å². The Morgan fingerprint density at radius 2 is 2.22 bits per heavy atom. The van der Waals surface area contributed by atoms with E-state index >= 15 is 0 Å². The molecule has 3 heterocycles. The van der Waals surface area contributed by atoms with Gasteiger partial charge < -0.3 is 10.1 Å². The molecule has 1 aliphatic rings. The Bertz CT molecular complexity index is 607. The van der Waals surface area contributed by atoms with Gasteiger partial charge in [0, 0.05) is 42.4 Å². The van der Waals surface area contributed by atoms with Gasteiger partial charge in [0.25, 0.3) is 0 Å². The molecule has 1 fully saturated rings. The van der Waals surface area contributed by atoms with E-state index in [1.54, 1.807) is 23.7 Å². The summed E-state index contributed by atoms with van der Waals surface area (Å²) in [6.07, 6.45) is 8.15. The topological polar surface area (TPSA) is 64.1 Å². The second kappa shape index (κ2) is 8.17. The van der Waals surface area contributed by atoms with E-state index in [1.165, 1.54) is 4.88 Å². The lowest BCUT2D eigenvalue weighted by Crippen LogP contribution is -2.23. The Labute approximate surface area is 140 Å². The number of aromatic nitrogens is 2. The second-order valence-electron chi connectivity index (χ2n) is 5.66. The number of carbonyl (C=O) groups is 1. The van der Waals surface area contributed by atoms with E-state index in [-0.39, 0.29) is 12.0 Å². The fourth-order valence-electron chi connectivity index (χ4n) is 2.55. The maximum absolute atomic E-state index is 11.9. The third kappa shape index (κ3) is 4.84. The molecular formula is C17H21N3O2S. The van der Waals surface area contributed by atoms with Crippen LogP contribution >= 0.6 is 11.3 Å². The predicted molar refractivity (Wildman–Crippen MR) is 89.1 cm³/mol. The summed E-state index contributed by atoms with van der Waals surface area (Å²) >= 11 is 1.68. The Balaban J connectivity index is 1.43. The number of nitrogens with one attached hydrogen (secondary N) is 1. The molecule has 0 aromatic carbocycles. The minimum absolute atomic E-state index is 0.0261. The maximum atomic E-state index is 11.9. The summed E-state index contributed by atoms with van der Waals surface area (Å²) in [5.74, 6) is 0.801. The summed E-state index contributed by atoms with van der Waals surface area (Å²) in [7, 11) is 0. The molecule has 0 bridgehead atoms. The molecule has 0 saturated carbocycles. The lowest BCUT2D eigenvalue weighted by atomic mass is 10.1. The van der Waals surface area contributed by atoms with E-state index in [0.29, 0.717) is 13.0 Å². The first-order chi connectivity index (χ1) is 11.3. The monoisotopic (exact) mass is 331 g/mol. The average Bonchev–Trinajstić information content (AvgIpc) is 3.13. The van der Waals surface area contributed by atoms with E-state index in [0.717, 1.165) is 43.7 Å². The van der Waals surface area contributed by atoms with E-state index in [4.69, 9.17) is 4.74 Å². The molecule has 1 N–H and O–H groups in total. The van der Waals surface area contributed by atoms with Crippen LogP contribution in [0.4, 0.5) is 0 Å². The fourth-order valence-corrected chi connectivity index (χ4v) is 3.26. The van der Waals surface area contributed by atoms with Crippen LogP contribution in [0.5, 0.6) is 0 Å². The Kier molecular flexibility index (Phi) is 5.71. The van der Waals surface area contributed by atoms with Gasteiger partial charge in [-0.3, -0.25) is 4.79 Å². The van der Waals surface area contributed by atoms with Crippen LogP contribution in [-0.2, 0) is 22.5 Å². The highest BCUT2D eigenvalue weighted by atomic mass is 32.1. The van der Waals surface area contributed by atoms with Crippen molar-refractivity contribution in [3.63, 3.8) is 0 Å². The molecule has 0 spiro atoms. The Morgan fingerprint density at radius 3 is 2.91 bits per heavy atom. The minimum Gasteiger partial charge on any atom is -0.370 e. The molecule has 0 radical (unpaired) electrons. The van der Waals surface area contributed by atoms with Crippen molar-refractivity contribution in [3.8, 4) is 0 Å². The Hall–Kier alpha value is -1.79. The minimum atomic E-state index is 0.0261. The quantitative estimate of drug-likeness (QED) is 0.884. The molecule has 6 heteroatoms. The lowest BCUT2D eigenvalue weighted by molar-refractivity contribution is -0.121. The normalized spacial score (nSPS) is 17.8. The molecular weight excluding hydrogens is 310 g/mol. The number of carbonyl (C=O) groups excluding carboxylic acids is 1. The number of amides is 1. The van der Waals surface area contributed by atoms with Gasteiger partial charge in [0.2, 0.25) is 5.91 Å². The maximum Gasteiger partial charge on any atom is 0.220 e. The van der Waals surface area contributed by atoms with Gasteiger partial charge in [-0.25, -0.2) is 9.97 Å². The molecule has 2 aromatic rings. The number of aryl methyl sites for hydroxylation is 1. The zero-order valence-corrected chi connectivity index (χ0v) is 13.8. The number of ether oxygens (including phenoxy) is 1. The summed E-state index contributed by atoms with van der Waals surface area (Å²) in [6.45, 7) is 1.26. The Morgan fingerprint density at radius 1 is 1.35 bits per heavy atom. The summed E-state index contributed by atoms with van der Waals surface area (Å²) < 4.78 is 5.68. The molecule has 5 nitrogen and oxygen atoms in total. The largest absolute Gasteiger partial charge is 0.370 e. The molecule has 0 aliphatic carbocycles. The van der Waals surface area contributed by atoms with Crippen molar-refractivity contribution < 1.29 is 9.53 Å². The summed E-state index contributed by atoms with van der Waals surface area (Å²) in [5.41, 5.74) is 0.911. The standard InChI is InChI=1S/C17H21N3O2S/c21-16(7-6-14-4-3-9-23-14)18-10-13-11-19-17(20-12-13)15-5-1-2-8-22-15/h3-4,9,11-12,15H,1-2,5-8,10H2,(H,18,21).